The number of benzene rings is 1. The van der Waals surface area contributed by atoms with Crippen molar-refractivity contribution in [3.05, 3.63) is 48.2 Å². The molecule has 1 aromatic rings. The molecule has 0 spiro atoms. The number of rotatable bonds is 3. The van der Waals surface area contributed by atoms with Crippen molar-refractivity contribution in [3.63, 3.8) is 0 Å². The molecule has 0 aromatic heterocycles. The normalized spacial score (nSPS) is 21.3. The van der Waals surface area contributed by atoms with Crippen molar-refractivity contribution in [2.24, 2.45) is 4.99 Å². The van der Waals surface area contributed by atoms with Gasteiger partial charge in [0.05, 0.1) is 0 Å². The molecule has 1 aliphatic heterocycles. The van der Waals surface area contributed by atoms with Crippen molar-refractivity contribution in [2.45, 2.75) is 37.5 Å². The van der Waals surface area contributed by atoms with Crippen molar-refractivity contribution < 1.29 is 13.2 Å². The summed E-state index contributed by atoms with van der Waals surface area (Å²) in [6, 6.07) is 9.90. The Morgan fingerprint density at radius 1 is 1.23 bits per heavy atom. The third-order valence-electron chi connectivity index (χ3n) is 4.27. The van der Waals surface area contributed by atoms with Gasteiger partial charge in [-0.15, -0.1) is 0 Å². The van der Waals surface area contributed by atoms with Gasteiger partial charge in [-0.2, -0.15) is 13.2 Å². The van der Waals surface area contributed by atoms with E-state index in [4.69, 9.17) is 0 Å². The zero-order valence-corrected chi connectivity index (χ0v) is 12.3. The van der Waals surface area contributed by atoms with E-state index in [1.54, 1.807) is 6.08 Å². The van der Waals surface area contributed by atoms with E-state index in [9.17, 15) is 13.2 Å². The summed E-state index contributed by atoms with van der Waals surface area (Å²) >= 11 is 0. The second-order valence-corrected chi connectivity index (χ2v) is 5.78. The predicted molar refractivity (Wildman–Crippen MR) is 79.3 cm³/mol. The molecule has 1 N–H and O–H groups in total. The van der Waals surface area contributed by atoms with E-state index in [-0.39, 0.29) is 25.6 Å². The lowest BCUT2D eigenvalue weighted by Gasteiger charge is -2.33. The average Bonchev–Trinajstić information content (AvgIpc) is 3.30. The molecule has 1 heterocycles. The van der Waals surface area contributed by atoms with Gasteiger partial charge in [-0.05, 0) is 31.4 Å². The Labute approximate surface area is 127 Å². The van der Waals surface area contributed by atoms with Gasteiger partial charge in [0, 0.05) is 12.2 Å². The molecule has 22 heavy (non-hydrogen) atoms. The van der Waals surface area contributed by atoms with E-state index in [2.05, 4.69) is 10.3 Å². The lowest BCUT2D eigenvalue weighted by molar-refractivity contribution is -0.188. The fourth-order valence-electron chi connectivity index (χ4n) is 2.68. The maximum absolute atomic E-state index is 13.1. The minimum Gasteiger partial charge on any atom is -0.364 e. The summed E-state index contributed by atoms with van der Waals surface area (Å²) in [6.07, 6.45) is -0.767. The molecule has 1 fully saturated rings. The number of alkyl halides is 3. The Bertz CT molecular complexity index is 588. The molecule has 3 rings (SSSR count). The van der Waals surface area contributed by atoms with Gasteiger partial charge in [-0.25, -0.2) is 4.99 Å². The second-order valence-electron chi connectivity index (χ2n) is 5.78. The van der Waals surface area contributed by atoms with Crippen LogP contribution in [0.15, 0.2) is 47.6 Å². The van der Waals surface area contributed by atoms with E-state index in [0.29, 0.717) is 5.84 Å². The molecule has 0 bridgehead atoms. The SMILES string of the molecule is C[C@H](NC1=NCN(C2(C(F)(F)F)CC2)C=C1)c1ccccc1. The zero-order valence-electron chi connectivity index (χ0n) is 12.3. The monoisotopic (exact) mass is 309 g/mol. The van der Waals surface area contributed by atoms with Crippen molar-refractivity contribution >= 4 is 5.84 Å². The maximum atomic E-state index is 13.1. The number of amidine groups is 1. The highest BCUT2D eigenvalue weighted by Gasteiger charge is 2.66. The Hall–Kier alpha value is -1.98. The Kier molecular flexibility index (Phi) is 3.62. The first kappa shape index (κ1) is 14.9. The van der Waals surface area contributed by atoms with Gasteiger partial charge in [-0.3, -0.25) is 0 Å². The summed E-state index contributed by atoms with van der Waals surface area (Å²) in [7, 11) is 0. The topological polar surface area (TPSA) is 27.6 Å². The molecule has 1 atom stereocenters. The van der Waals surface area contributed by atoms with Gasteiger partial charge in [0.15, 0.2) is 0 Å². The van der Waals surface area contributed by atoms with Gasteiger partial charge >= 0.3 is 6.18 Å². The first-order valence-corrected chi connectivity index (χ1v) is 7.30. The second kappa shape index (κ2) is 5.34. The summed E-state index contributed by atoms with van der Waals surface area (Å²) in [5, 5.41) is 3.22. The number of aliphatic imine (C=N–C) groups is 1. The van der Waals surface area contributed by atoms with Crippen LogP contribution in [0.25, 0.3) is 0 Å². The number of halogens is 3. The molecule has 0 unspecified atom stereocenters. The summed E-state index contributed by atoms with van der Waals surface area (Å²) in [4.78, 5) is 5.54. The number of nitrogens with one attached hydrogen (secondary N) is 1. The number of hydrogen-bond acceptors (Lipinski definition) is 3. The highest BCUT2D eigenvalue weighted by molar-refractivity contribution is 5.93. The smallest absolute Gasteiger partial charge is 0.364 e. The van der Waals surface area contributed by atoms with E-state index >= 15 is 0 Å². The van der Waals surface area contributed by atoms with Crippen LogP contribution in [0.5, 0.6) is 0 Å². The maximum Gasteiger partial charge on any atom is 0.411 e. The van der Waals surface area contributed by atoms with E-state index in [0.717, 1.165) is 5.56 Å². The van der Waals surface area contributed by atoms with Crippen LogP contribution >= 0.6 is 0 Å². The molecule has 1 saturated carbocycles. The molecule has 0 amide bonds. The zero-order chi connectivity index (χ0) is 15.8. The van der Waals surface area contributed by atoms with Crippen LogP contribution in [0.4, 0.5) is 13.2 Å². The fraction of sp³-hybridized carbons (Fsp3) is 0.438. The molecule has 0 radical (unpaired) electrons. The molecule has 1 aliphatic carbocycles. The average molecular weight is 309 g/mol. The van der Waals surface area contributed by atoms with Crippen molar-refractivity contribution in [3.8, 4) is 0 Å². The van der Waals surface area contributed by atoms with Crippen molar-refractivity contribution in [1.29, 1.82) is 0 Å². The number of hydrogen-bond donors (Lipinski definition) is 1. The quantitative estimate of drug-likeness (QED) is 0.923. The molecule has 3 nitrogen and oxygen atoms in total. The fourth-order valence-corrected chi connectivity index (χ4v) is 2.68. The van der Waals surface area contributed by atoms with Crippen LogP contribution in [-0.2, 0) is 0 Å². The third kappa shape index (κ3) is 2.69. The first-order valence-electron chi connectivity index (χ1n) is 7.30. The largest absolute Gasteiger partial charge is 0.411 e. The van der Waals surface area contributed by atoms with Crippen LogP contribution in [0.2, 0.25) is 0 Å². The van der Waals surface area contributed by atoms with Crippen LogP contribution in [0.3, 0.4) is 0 Å². The summed E-state index contributed by atoms with van der Waals surface area (Å²) in [5.74, 6) is 0.616. The van der Waals surface area contributed by atoms with Crippen LogP contribution in [0.1, 0.15) is 31.4 Å². The Morgan fingerprint density at radius 2 is 1.91 bits per heavy atom. The van der Waals surface area contributed by atoms with Gasteiger partial charge in [0.25, 0.3) is 0 Å². The summed E-state index contributed by atoms with van der Waals surface area (Å²) in [6.45, 7) is 2.04. The molecule has 2 aliphatic rings. The Balaban J connectivity index is 1.62. The van der Waals surface area contributed by atoms with Crippen molar-refractivity contribution in [1.82, 2.24) is 10.2 Å². The summed E-state index contributed by atoms with van der Waals surface area (Å²) in [5.41, 5.74) is -0.584. The van der Waals surface area contributed by atoms with Crippen LogP contribution < -0.4 is 5.32 Å². The molecule has 1 aromatic carbocycles. The predicted octanol–water partition coefficient (Wildman–Crippen LogP) is 3.62. The van der Waals surface area contributed by atoms with Gasteiger partial charge < -0.3 is 10.2 Å². The molecule has 0 saturated heterocycles. The van der Waals surface area contributed by atoms with E-state index in [1.165, 1.54) is 11.1 Å². The first-order chi connectivity index (χ1) is 10.4. The Morgan fingerprint density at radius 3 is 2.41 bits per heavy atom. The minimum absolute atomic E-state index is 0.0415. The molecular weight excluding hydrogens is 291 g/mol. The van der Waals surface area contributed by atoms with E-state index < -0.39 is 11.7 Å². The molecular formula is C16H18F3N3. The van der Waals surface area contributed by atoms with Gasteiger partial charge in [0.1, 0.15) is 18.0 Å². The summed E-state index contributed by atoms with van der Waals surface area (Å²) < 4.78 is 39.2. The van der Waals surface area contributed by atoms with E-state index in [1.807, 2.05) is 37.3 Å². The highest BCUT2D eigenvalue weighted by Crippen LogP contribution is 2.53. The van der Waals surface area contributed by atoms with Crippen molar-refractivity contribution in [2.75, 3.05) is 6.67 Å². The third-order valence-corrected chi connectivity index (χ3v) is 4.27. The van der Waals surface area contributed by atoms with Gasteiger partial charge in [-0.1, -0.05) is 30.3 Å². The lowest BCUT2D eigenvalue weighted by Crippen LogP contribution is -2.47. The molecule has 6 heteroatoms. The minimum atomic E-state index is -4.20. The number of nitrogens with zero attached hydrogens (tertiary/aromatic N) is 2. The highest BCUT2D eigenvalue weighted by atomic mass is 19.4. The molecule has 118 valence electrons. The standard InChI is InChI=1S/C16H18F3N3/c1-12(13-5-3-2-4-6-13)21-14-7-10-22(11-20-14)15(8-9-15)16(17,18)19/h2-7,10,12H,8-9,11H2,1H3,(H,20,21)/t12-/m0/s1. The van der Waals surface area contributed by atoms with Crippen LogP contribution in [-0.4, -0.2) is 29.1 Å². The lowest BCUT2D eigenvalue weighted by atomic mass is 10.1. The van der Waals surface area contributed by atoms with Gasteiger partial charge in [0.2, 0.25) is 0 Å². The van der Waals surface area contributed by atoms with Crippen LogP contribution in [0, 0.1) is 0 Å².